The first-order valence-electron chi connectivity index (χ1n) is 7.57. The summed E-state index contributed by atoms with van der Waals surface area (Å²) in [4.78, 5) is 21.1. The van der Waals surface area contributed by atoms with Gasteiger partial charge >= 0.3 is 0 Å². The number of carbonyl (C=O) groups excluding carboxylic acids is 1. The van der Waals surface area contributed by atoms with Crippen LogP contribution < -0.4 is 11.1 Å². The second-order valence-corrected chi connectivity index (χ2v) is 5.66. The molecule has 0 atom stereocenters. The Morgan fingerprint density at radius 3 is 2.35 bits per heavy atom. The lowest BCUT2D eigenvalue weighted by molar-refractivity contribution is 0.0957. The minimum atomic E-state index is -0.238. The Labute approximate surface area is 136 Å². The predicted octanol–water partition coefficient (Wildman–Crippen LogP) is 2.70. The summed E-state index contributed by atoms with van der Waals surface area (Å²) < 4.78 is 0. The molecule has 23 heavy (non-hydrogen) atoms. The van der Waals surface area contributed by atoms with Crippen LogP contribution in [0.25, 0.3) is 5.57 Å². The van der Waals surface area contributed by atoms with E-state index in [0.29, 0.717) is 17.2 Å². The molecule has 1 heterocycles. The molecule has 0 aliphatic carbocycles. The standard InChI is InChI=1S/C18H22N4O/c1-11(2)14-10-15(18(23)20-4)22-17(21-14)16(12(3)19)13-8-6-5-7-9-13/h5-11H,19H2,1-4H3,(H,20,23). The molecular weight excluding hydrogens is 288 g/mol. The maximum Gasteiger partial charge on any atom is 0.269 e. The average molecular weight is 310 g/mol. The number of carbonyl (C=O) groups is 1. The van der Waals surface area contributed by atoms with Crippen molar-refractivity contribution in [3.05, 3.63) is 64.9 Å². The lowest BCUT2D eigenvalue weighted by Gasteiger charge is -2.13. The zero-order valence-electron chi connectivity index (χ0n) is 13.9. The van der Waals surface area contributed by atoms with Crippen molar-refractivity contribution in [2.75, 3.05) is 7.05 Å². The number of amides is 1. The SMILES string of the molecule is CNC(=O)c1cc(C(C)C)nc(C(=C(C)N)c2ccccc2)n1. The Balaban J connectivity index is 2.67. The summed E-state index contributed by atoms with van der Waals surface area (Å²) in [5.41, 5.74) is 9.52. The quantitative estimate of drug-likeness (QED) is 0.910. The number of rotatable bonds is 4. The fourth-order valence-corrected chi connectivity index (χ4v) is 2.26. The van der Waals surface area contributed by atoms with Gasteiger partial charge in [-0.25, -0.2) is 9.97 Å². The number of hydrogen-bond acceptors (Lipinski definition) is 4. The van der Waals surface area contributed by atoms with E-state index in [4.69, 9.17) is 5.73 Å². The third-order valence-electron chi connectivity index (χ3n) is 3.48. The van der Waals surface area contributed by atoms with E-state index in [2.05, 4.69) is 15.3 Å². The van der Waals surface area contributed by atoms with Crippen LogP contribution >= 0.6 is 0 Å². The Bertz CT molecular complexity index is 732. The van der Waals surface area contributed by atoms with Crippen molar-refractivity contribution in [2.45, 2.75) is 26.7 Å². The Kier molecular flexibility index (Phi) is 5.11. The van der Waals surface area contributed by atoms with Gasteiger partial charge in [-0.3, -0.25) is 4.79 Å². The van der Waals surface area contributed by atoms with Crippen LogP contribution in [0, 0.1) is 0 Å². The summed E-state index contributed by atoms with van der Waals surface area (Å²) in [5.74, 6) is 0.411. The highest BCUT2D eigenvalue weighted by molar-refractivity contribution is 5.92. The van der Waals surface area contributed by atoms with E-state index < -0.39 is 0 Å². The molecule has 0 aliphatic heterocycles. The molecule has 1 aromatic carbocycles. The van der Waals surface area contributed by atoms with Gasteiger partial charge in [0.15, 0.2) is 5.82 Å². The molecule has 0 radical (unpaired) electrons. The normalized spacial score (nSPS) is 12.0. The van der Waals surface area contributed by atoms with Crippen LogP contribution in [-0.2, 0) is 0 Å². The number of hydrogen-bond donors (Lipinski definition) is 2. The molecule has 1 aromatic heterocycles. The number of aromatic nitrogens is 2. The number of nitrogens with one attached hydrogen (secondary N) is 1. The van der Waals surface area contributed by atoms with Gasteiger partial charge in [-0.15, -0.1) is 0 Å². The van der Waals surface area contributed by atoms with Crippen LogP contribution in [0.15, 0.2) is 42.1 Å². The third-order valence-corrected chi connectivity index (χ3v) is 3.48. The Morgan fingerprint density at radius 1 is 1.17 bits per heavy atom. The highest BCUT2D eigenvalue weighted by atomic mass is 16.1. The van der Waals surface area contributed by atoms with Crippen molar-refractivity contribution in [1.29, 1.82) is 0 Å². The van der Waals surface area contributed by atoms with Crippen molar-refractivity contribution in [2.24, 2.45) is 5.73 Å². The van der Waals surface area contributed by atoms with E-state index in [-0.39, 0.29) is 11.8 Å². The number of nitrogens with two attached hydrogens (primary N) is 1. The number of nitrogens with zero attached hydrogens (tertiary/aromatic N) is 2. The van der Waals surface area contributed by atoms with E-state index in [0.717, 1.165) is 16.8 Å². The molecule has 120 valence electrons. The van der Waals surface area contributed by atoms with Gasteiger partial charge in [0, 0.05) is 24.0 Å². The van der Waals surface area contributed by atoms with Crippen LogP contribution in [0.3, 0.4) is 0 Å². The molecule has 0 saturated carbocycles. The van der Waals surface area contributed by atoms with Crippen LogP contribution in [-0.4, -0.2) is 22.9 Å². The summed E-state index contributed by atoms with van der Waals surface area (Å²) in [6, 6.07) is 11.4. The fourth-order valence-electron chi connectivity index (χ4n) is 2.26. The first-order chi connectivity index (χ1) is 10.9. The lowest BCUT2D eigenvalue weighted by Crippen LogP contribution is -2.21. The van der Waals surface area contributed by atoms with Crippen LogP contribution in [0.1, 0.15) is 54.3 Å². The molecule has 0 aliphatic rings. The van der Waals surface area contributed by atoms with Crippen molar-refractivity contribution >= 4 is 11.5 Å². The molecule has 1 amide bonds. The van der Waals surface area contributed by atoms with Gasteiger partial charge in [-0.05, 0) is 24.5 Å². The van der Waals surface area contributed by atoms with Crippen molar-refractivity contribution in [3.63, 3.8) is 0 Å². The number of allylic oxidation sites excluding steroid dienone is 1. The van der Waals surface area contributed by atoms with Gasteiger partial charge < -0.3 is 11.1 Å². The Hall–Kier alpha value is -2.69. The fraction of sp³-hybridized carbons (Fsp3) is 0.278. The smallest absolute Gasteiger partial charge is 0.269 e. The summed E-state index contributed by atoms with van der Waals surface area (Å²) in [5, 5.41) is 2.61. The van der Waals surface area contributed by atoms with Crippen LogP contribution in [0.2, 0.25) is 0 Å². The number of benzene rings is 1. The molecule has 5 heteroatoms. The zero-order chi connectivity index (χ0) is 17.0. The highest BCUT2D eigenvalue weighted by Gasteiger charge is 2.17. The molecule has 3 N–H and O–H groups in total. The van der Waals surface area contributed by atoms with E-state index in [1.807, 2.05) is 51.1 Å². The van der Waals surface area contributed by atoms with Gasteiger partial charge in [0.2, 0.25) is 0 Å². The van der Waals surface area contributed by atoms with Gasteiger partial charge in [0.1, 0.15) is 5.69 Å². The molecule has 2 aromatic rings. The third kappa shape index (κ3) is 3.74. The molecule has 0 unspecified atom stereocenters. The molecule has 0 bridgehead atoms. The van der Waals surface area contributed by atoms with Gasteiger partial charge in [-0.2, -0.15) is 0 Å². The maximum absolute atomic E-state index is 12.0. The monoisotopic (exact) mass is 310 g/mol. The van der Waals surface area contributed by atoms with E-state index in [1.165, 1.54) is 0 Å². The topological polar surface area (TPSA) is 80.9 Å². The second-order valence-electron chi connectivity index (χ2n) is 5.66. The van der Waals surface area contributed by atoms with Crippen molar-refractivity contribution in [3.8, 4) is 0 Å². The van der Waals surface area contributed by atoms with Gasteiger partial charge in [0.05, 0.1) is 0 Å². The van der Waals surface area contributed by atoms with Gasteiger partial charge in [0.25, 0.3) is 5.91 Å². The van der Waals surface area contributed by atoms with Crippen LogP contribution in [0.4, 0.5) is 0 Å². The lowest BCUT2D eigenvalue weighted by atomic mass is 10.0. The molecule has 0 saturated heterocycles. The van der Waals surface area contributed by atoms with E-state index in [9.17, 15) is 4.79 Å². The summed E-state index contributed by atoms with van der Waals surface area (Å²) >= 11 is 0. The van der Waals surface area contributed by atoms with E-state index in [1.54, 1.807) is 13.1 Å². The molecule has 5 nitrogen and oxygen atoms in total. The van der Waals surface area contributed by atoms with Crippen molar-refractivity contribution in [1.82, 2.24) is 15.3 Å². The summed E-state index contributed by atoms with van der Waals surface area (Å²) in [7, 11) is 1.58. The minimum Gasteiger partial charge on any atom is -0.402 e. The largest absolute Gasteiger partial charge is 0.402 e. The van der Waals surface area contributed by atoms with Gasteiger partial charge in [-0.1, -0.05) is 44.2 Å². The first-order valence-corrected chi connectivity index (χ1v) is 7.57. The highest BCUT2D eigenvalue weighted by Crippen LogP contribution is 2.24. The minimum absolute atomic E-state index is 0.176. The van der Waals surface area contributed by atoms with Crippen LogP contribution in [0.5, 0.6) is 0 Å². The second kappa shape index (κ2) is 7.05. The molecular formula is C18H22N4O. The summed E-state index contributed by atoms with van der Waals surface area (Å²) in [6.45, 7) is 5.87. The molecule has 0 spiro atoms. The average Bonchev–Trinajstić information content (AvgIpc) is 2.54. The predicted molar refractivity (Wildman–Crippen MR) is 91.8 cm³/mol. The van der Waals surface area contributed by atoms with Crippen molar-refractivity contribution < 1.29 is 4.79 Å². The van der Waals surface area contributed by atoms with E-state index >= 15 is 0 Å². The first kappa shape index (κ1) is 16.7. The summed E-state index contributed by atoms with van der Waals surface area (Å²) in [6.07, 6.45) is 0. The molecule has 0 fully saturated rings. The maximum atomic E-state index is 12.0. The zero-order valence-corrected chi connectivity index (χ0v) is 13.9. The Morgan fingerprint density at radius 2 is 1.83 bits per heavy atom. The molecule has 2 rings (SSSR count).